The van der Waals surface area contributed by atoms with Crippen molar-refractivity contribution in [2.24, 2.45) is 5.10 Å². The number of benzene rings is 1. The number of amidine groups is 1. The number of ether oxygens (including phenoxy) is 2. The van der Waals surface area contributed by atoms with Crippen LogP contribution in [0.4, 0.5) is 5.69 Å². The van der Waals surface area contributed by atoms with Gasteiger partial charge in [0.05, 0.1) is 30.9 Å². The standard InChI is InChI=1S/C23H28N6O5S.2C2H6.H2/c1-14-12-25-17(13-24-14)11-16(3)35(30,31)28-23-27-26-22(20-10-9-15(2)34-20)29(23)21-18(32-4)7-6-8-19(21)33-5;2*1-2;/h6-10,12-13,16,23,27-28H,11H2,1-5H3;2*1-2H3;1H/t16-,23?;;;/m1.../s1. The Balaban J connectivity index is 0.00000153. The molecule has 0 saturated carbocycles. The third-order valence-corrected chi connectivity index (χ3v) is 7.30. The Labute approximate surface area is 233 Å². The van der Waals surface area contributed by atoms with E-state index < -0.39 is 21.6 Å². The van der Waals surface area contributed by atoms with Gasteiger partial charge < -0.3 is 13.9 Å². The minimum atomic E-state index is -3.84. The lowest BCUT2D eigenvalue weighted by Gasteiger charge is -2.30. The number of rotatable bonds is 9. The molecule has 1 aliphatic heterocycles. The average Bonchev–Trinajstić information content (AvgIpc) is 3.56. The Bertz CT molecular complexity index is 1310. The molecule has 2 N–H and O–H groups in total. The van der Waals surface area contributed by atoms with Crippen LogP contribution in [0.25, 0.3) is 0 Å². The van der Waals surface area contributed by atoms with Gasteiger partial charge >= 0.3 is 0 Å². The van der Waals surface area contributed by atoms with E-state index in [1.807, 2.05) is 41.5 Å². The molecule has 0 spiro atoms. The van der Waals surface area contributed by atoms with Gasteiger partial charge in [-0.2, -0.15) is 9.82 Å². The summed E-state index contributed by atoms with van der Waals surface area (Å²) in [7, 11) is -0.785. The maximum absolute atomic E-state index is 13.3. The van der Waals surface area contributed by atoms with Gasteiger partial charge in [0.25, 0.3) is 0 Å². The smallest absolute Gasteiger partial charge is 0.217 e. The predicted molar refractivity (Wildman–Crippen MR) is 156 cm³/mol. The van der Waals surface area contributed by atoms with Gasteiger partial charge in [0, 0.05) is 20.2 Å². The summed E-state index contributed by atoms with van der Waals surface area (Å²) in [6, 6.07) is 8.86. The highest BCUT2D eigenvalue weighted by Gasteiger charge is 2.39. The van der Waals surface area contributed by atoms with Crippen LogP contribution in [-0.4, -0.2) is 50.0 Å². The Hall–Kier alpha value is -3.64. The maximum atomic E-state index is 13.3. The number of methoxy groups -OCH3 is 2. The lowest BCUT2D eigenvalue weighted by atomic mass is 10.2. The fourth-order valence-corrected chi connectivity index (χ4v) is 4.76. The van der Waals surface area contributed by atoms with Crippen molar-refractivity contribution < 1.29 is 23.7 Å². The van der Waals surface area contributed by atoms with E-state index in [0.29, 0.717) is 40.2 Å². The number of furan rings is 1. The number of sulfonamides is 1. The molecule has 39 heavy (non-hydrogen) atoms. The maximum Gasteiger partial charge on any atom is 0.217 e. The second-order valence-electron chi connectivity index (χ2n) is 8.09. The normalized spacial score (nSPS) is 15.2. The summed E-state index contributed by atoms with van der Waals surface area (Å²) in [4.78, 5) is 10.1. The molecule has 0 fully saturated rings. The molecule has 11 nitrogen and oxygen atoms in total. The van der Waals surface area contributed by atoms with Crippen LogP contribution < -0.4 is 24.5 Å². The lowest BCUT2D eigenvalue weighted by Crippen LogP contribution is -2.54. The van der Waals surface area contributed by atoms with Gasteiger partial charge in [-0.1, -0.05) is 33.8 Å². The lowest BCUT2D eigenvalue weighted by molar-refractivity contribution is 0.392. The molecule has 2 aromatic heterocycles. The number of hydrogen-bond acceptors (Lipinski definition) is 10. The molecule has 3 heterocycles. The van der Waals surface area contributed by atoms with Crippen molar-refractivity contribution in [3.05, 3.63) is 65.6 Å². The van der Waals surface area contributed by atoms with Crippen molar-refractivity contribution >= 4 is 21.5 Å². The number of nitrogens with one attached hydrogen (secondary N) is 2. The SMILES string of the molecule is CC.CC.COc1cccc(OC)c1N1C(c2ccc(C)o2)=NNC1NS(=O)(=O)[C@H](C)Cc1cnc(C)cn1.[HH]. The highest BCUT2D eigenvalue weighted by atomic mass is 32.2. The summed E-state index contributed by atoms with van der Waals surface area (Å²) in [5, 5.41) is 3.59. The first-order valence-electron chi connectivity index (χ1n) is 12.9. The topological polar surface area (TPSA) is 131 Å². The highest BCUT2D eigenvalue weighted by Crippen LogP contribution is 2.40. The van der Waals surface area contributed by atoms with Crippen molar-refractivity contribution in [3.63, 3.8) is 0 Å². The van der Waals surface area contributed by atoms with Gasteiger partial charge in [0.2, 0.25) is 10.0 Å². The zero-order valence-corrected chi connectivity index (χ0v) is 25.0. The molecule has 2 atom stereocenters. The van der Waals surface area contributed by atoms with E-state index in [0.717, 1.165) is 5.69 Å². The van der Waals surface area contributed by atoms with E-state index in [1.165, 1.54) is 14.2 Å². The zero-order valence-electron chi connectivity index (χ0n) is 24.1. The largest absolute Gasteiger partial charge is 0.494 e. The molecule has 12 heteroatoms. The third kappa shape index (κ3) is 7.48. The summed E-state index contributed by atoms with van der Waals surface area (Å²) in [6.45, 7) is 13.3. The summed E-state index contributed by atoms with van der Waals surface area (Å²) in [6.07, 6.45) is 2.42. The summed E-state index contributed by atoms with van der Waals surface area (Å²) < 4.78 is 46.3. The Morgan fingerprint density at radius 2 is 1.69 bits per heavy atom. The van der Waals surface area contributed by atoms with Crippen LogP contribution in [-0.2, 0) is 16.4 Å². The Kier molecular flexibility index (Phi) is 11.7. The van der Waals surface area contributed by atoms with Crippen LogP contribution in [0, 0.1) is 13.8 Å². The number of aromatic nitrogens is 2. The molecule has 3 aromatic rings. The van der Waals surface area contributed by atoms with Gasteiger partial charge in [-0.15, -0.1) is 0 Å². The van der Waals surface area contributed by atoms with Gasteiger partial charge in [-0.05, 0) is 45.0 Å². The van der Waals surface area contributed by atoms with E-state index in [9.17, 15) is 8.42 Å². The van der Waals surface area contributed by atoms with E-state index in [1.54, 1.807) is 54.5 Å². The van der Waals surface area contributed by atoms with Crippen LogP contribution in [0.2, 0.25) is 0 Å². The second kappa shape index (κ2) is 14.5. The molecule has 1 unspecified atom stereocenters. The molecule has 0 amide bonds. The van der Waals surface area contributed by atoms with Crippen molar-refractivity contribution in [2.75, 3.05) is 19.1 Å². The van der Waals surface area contributed by atoms with E-state index in [4.69, 9.17) is 13.9 Å². The molecular weight excluding hydrogens is 520 g/mol. The third-order valence-electron chi connectivity index (χ3n) is 5.52. The predicted octanol–water partition coefficient (Wildman–Crippen LogP) is 4.61. The molecule has 1 aliphatic rings. The minimum Gasteiger partial charge on any atom is -0.494 e. The Morgan fingerprint density at radius 1 is 1.05 bits per heavy atom. The molecule has 0 radical (unpaired) electrons. The zero-order chi connectivity index (χ0) is 29.2. The van der Waals surface area contributed by atoms with Crippen molar-refractivity contribution in [3.8, 4) is 11.5 Å². The first-order valence-corrected chi connectivity index (χ1v) is 14.5. The first kappa shape index (κ1) is 31.6. The van der Waals surface area contributed by atoms with E-state index >= 15 is 0 Å². The van der Waals surface area contributed by atoms with E-state index in [-0.39, 0.29) is 7.85 Å². The summed E-state index contributed by atoms with van der Waals surface area (Å²) in [5.41, 5.74) is 4.70. The quantitative estimate of drug-likeness (QED) is 0.384. The minimum absolute atomic E-state index is 0. The van der Waals surface area contributed by atoms with Crippen LogP contribution in [0.1, 0.15) is 59.0 Å². The number of aryl methyl sites for hydroxylation is 2. The number of hydrazone groups is 1. The van der Waals surface area contributed by atoms with Gasteiger partial charge in [-0.25, -0.2) is 8.42 Å². The van der Waals surface area contributed by atoms with Crippen LogP contribution in [0.3, 0.4) is 0 Å². The van der Waals surface area contributed by atoms with Crippen LogP contribution >= 0.6 is 0 Å². The van der Waals surface area contributed by atoms with Crippen LogP contribution in [0.15, 0.2) is 52.2 Å². The fourth-order valence-electron chi connectivity index (χ4n) is 3.67. The summed E-state index contributed by atoms with van der Waals surface area (Å²) >= 11 is 0. The van der Waals surface area contributed by atoms with Crippen molar-refractivity contribution in [1.29, 1.82) is 0 Å². The molecule has 0 saturated heterocycles. The molecule has 0 bridgehead atoms. The average molecular weight is 563 g/mol. The van der Waals surface area contributed by atoms with Crippen LogP contribution in [0.5, 0.6) is 11.5 Å². The molecule has 4 rings (SSSR count). The summed E-state index contributed by atoms with van der Waals surface area (Å²) in [5.74, 6) is 2.44. The number of para-hydroxylation sites is 1. The van der Waals surface area contributed by atoms with Crippen molar-refractivity contribution in [2.45, 2.75) is 66.4 Å². The Morgan fingerprint density at radius 3 is 2.21 bits per heavy atom. The number of anilines is 1. The fraction of sp³-hybridized carbons (Fsp3) is 0.444. The first-order chi connectivity index (χ1) is 18.7. The highest BCUT2D eigenvalue weighted by molar-refractivity contribution is 7.90. The number of hydrogen-bond donors (Lipinski definition) is 2. The second-order valence-corrected chi connectivity index (χ2v) is 10.2. The molecule has 0 aliphatic carbocycles. The van der Waals surface area contributed by atoms with Gasteiger partial charge in [0.15, 0.2) is 17.9 Å². The monoisotopic (exact) mass is 562 g/mol. The molecule has 1 aromatic carbocycles. The van der Waals surface area contributed by atoms with Gasteiger partial charge in [0.1, 0.15) is 22.9 Å². The molecule has 216 valence electrons. The number of nitrogens with zero attached hydrogens (tertiary/aromatic N) is 4. The molecular formula is C27H42N6O5S. The van der Waals surface area contributed by atoms with E-state index in [2.05, 4.69) is 25.2 Å². The van der Waals surface area contributed by atoms with Gasteiger partial charge in [-0.3, -0.25) is 20.3 Å². The van der Waals surface area contributed by atoms with Crippen molar-refractivity contribution in [1.82, 2.24) is 20.1 Å².